The van der Waals surface area contributed by atoms with Gasteiger partial charge in [0, 0.05) is 29.1 Å². The molecule has 2 aromatic rings. The Morgan fingerprint density at radius 3 is 2.71 bits per heavy atom. The number of aromatic nitrogens is 2. The highest BCUT2D eigenvalue weighted by Crippen LogP contribution is 2.22. The second kappa shape index (κ2) is 9.15. The average molecular weight is 449 g/mol. The molecule has 0 saturated carbocycles. The lowest BCUT2D eigenvalue weighted by molar-refractivity contribution is -0.127. The highest BCUT2D eigenvalue weighted by Gasteiger charge is 2.27. The molecule has 1 atom stereocenters. The third kappa shape index (κ3) is 4.98. The number of carbonyl (C=O) groups excluding carboxylic acids is 1. The zero-order valence-electron chi connectivity index (χ0n) is 15.8. The van der Waals surface area contributed by atoms with Crippen molar-refractivity contribution in [2.75, 3.05) is 26.2 Å². The molecule has 2 saturated heterocycles. The Kier molecular flexibility index (Phi) is 6.39. The maximum atomic E-state index is 12.4. The summed E-state index contributed by atoms with van der Waals surface area (Å²) in [5.74, 6) is 1.45. The van der Waals surface area contributed by atoms with Crippen molar-refractivity contribution in [3.05, 3.63) is 34.6 Å². The number of carbonyl (C=O) groups is 1. The molecule has 0 spiro atoms. The second-order valence-electron chi connectivity index (χ2n) is 7.45. The van der Waals surface area contributed by atoms with Gasteiger partial charge in [-0.05, 0) is 63.0 Å². The van der Waals surface area contributed by atoms with E-state index < -0.39 is 0 Å². The summed E-state index contributed by atoms with van der Waals surface area (Å²) in [6.07, 6.45) is 4.04. The highest BCUT2D eigenvalue weighted by atomic mass is 79.9. The van der Waals surface area contributed by atoms with E-state index in [4.69, 9.17) is 9.26 Å². The minimum atomic E-state index is 0.0821. The molecule has 7 nitrogen and oxygen atoms in total. The quantitative estimate of drug-likeness (QED) is 0.731. The van der Waals surface area contributed by atoms with Crippen molar-refractivity contribution in [3.63, 3.8) is 0 Å². The van der Waals surface area contributed by atoms with Crippen molar-refractivity contribution in [3.8, 4) is 11.4 Å². The fourth-order valence-corrected chi connectivity index (χ4v) is 4.01. The van der Waals surface area contributed by atoms with E-state index in [1.807, 2.05) is 24.3 Å². The van der Waals surface area contributed by atoms with E-state index in [0.717, 1.165) is 55.4 Å². The average Bonchev–Trinajstić information content (AvgIpc) is 3.39. The molecule has 2 aliphatic rings. The van der Waals surface area contributed by atoms with Crippen LogP contribution >= 0.6 is 15.9 Å². The molecule has 1 amide bonds. The molecule has 0 bridgehead atoms. The van der Waals surface area contributed by atoms with E-state index in [1.165, 1.54) is 0 Å². The van der Waals surface area contributed by atoms with Crippen LogP contribution in [-0.4, -0.2) is 53.3 Å². The van der Waals surface area contributed by atoms with E-state index in [1.54, 1.807) is 0 Å². The van der Waals surface area contributed by atoms with Gasteiger partial charge >= 0.3 is 0 Å². The lowest BCUT2D eigenvalue weighted by Crippen LogP contribution is -2.42. The third-order valence-corrected chi connectivity index (χ3v) is 5.94. The summed E-state index contributed by atoms with van der Waals surface area (Å²) >= 11 is 3.43. The van der Waals surface area contributed by atoms with E-state index >= 15 is 0 Å². The summed E-state index contributed by atoms with van der Waals surface area (Å²) in [7, 11) is 0. The first-order valence-electron chi connectivity index (χ1n) is 9.87. The molecule has 1 aromatic heterocycles. The Morgan fingerprint density at radius 2 is 2.00 bits per heavy atom. The monoisotopic (exact) mass is 448 g/mol. The zero-order chi connectivity index (χ0) is 19.3. The smallest absolute Gasteiger partial charge is 0.241 e. The molecule has 1 aromatic carbocycles. The molecule has 28 heavy (non-hydrogen) atoms. The Labute approximate surface area is 172 Å². The number of halogens is 1. The standard InChI is InChI=1S/C20H25BrN4O3/c21-16-5-3-14(4-6-16)19-23-18(28-24-19)13-25-9-7-15(8-10-25)20(26)22-12-17-2-1-11-27-17/h3-6,15,17H,1-2,7-13H2,(H,22,26). The van der Waals surface area contributed by atoms with Crippen molar-refractivity contribution in [2.24, 2.45) is 5.92 Å². The Hall–Kier alpha value is -1.77. The van der Waals surface area contributed by atoms with Gasteiger partial charge in [0.1, 0.15) is 0 Å². The maximum absolute atomic E-state index is 12.4. The van der Waals surface area contributed by atoms with Gasteiger partial charge in [-0.3, -0.25) is 9.69 Å². The number of likely N-dealkylation sites (tertiary alicyclic amines) is 1. The Bertz CT molecular complexity index is 781. The second-order valence-corrected chi connectivity index (χ2v) is 8.36. The molecule has 1 N–H and O–H groups in total. The van der Waals surface area contributed by atoms with E-state index in [-0.39, 0.29) is 17.9 Å². The molecular formula is C20H25BrN4O3. The van der Waals surface area contributed by atoms with Crippen LogP contribution in [0.3, 0.4) is 0 Å². The van der Waals surface area contributed by atoms with E-state index in [9.17, 15) is 4.79 Å². The third-order valence-electron chi connectivity index (χ3n) is 5.42. The number of hydrogen-bond acceptors (Lipinski definition) is 6. The zero-order valence-corrected chi connectivity index (χ0v) is 17.4. The number of nitrogens with one attached hydrogen (secondary N) is 1. The largest absolute Gasteiger partial charge is 0.376 e. The van der Waals surface area contributed by atoms with Crippen LogP contribution in [0.4, 0.5) is 0 Å². The van der Waals surface area contributed by atoms with Gasteiger partial charge in [-0.25, -0.2) is 0 Å². The van der Waals surface area contributed by atoms with Gasteiger partial charge in [0.15, 0.2) is 0 Å². The first kappa shape index (κ1) is 19.5. The van der Waals surface area contributed by atoms with Crippen LogP contribution in [0.5, 0.6) is 0 Å². The van der Waals surface area contributed by atoms with Crippen LogP contribution in [-0.2, 0) is 16.1 Å². The van der Waals surface area contributed by atoms with Gasteiger partial charge in [-0.15, -0.1) is 0 Å². The number of hydrogen-bond donors (Lipinski definition) is 1. The Balaban J connectivity index is 1.23. The van der Waals surface area contributed by atoms with Gasteiger partial charge in [-0.1, -0.05) is 21.1 Å². The lowest BCUT2D eigenvalue weighted by atomic mass is 9.96. The first-order chi connectivity index (χ1) is 13.7. The highest BCUT2D eigenvalue weighted by molar-refractivity contribution is 9.10. The number of nitrogens with zero attached hydrogens (tertiary/aromatic N) is 3. The van der Waals surface area contributed by atoms with Crippen molar-refractivity contribution >= 4 is 21.8 Å². The first-order valence-corrected chi connectivity index (χ1v) is 10.7. The molecule has 1 unspecified atom stereocenters. The van der Waals surface area contributed by atoms with Gasteiger partial charge in [0.05, 0.1) is 12.6 Å². The van der Waals surface area contributed by atoms with Gasteiger partial charge in [-0.2, -0.15) is 4.98 Å². The van der Waals surface area contributed by atoms with Crippen molar-refractivity contribution in [1.82, 2.24) is 20.4 Å². The van der Waals surface area contributed by atoms with Gasteiger partial charge in [0.2, 0.25) is 17.6 Å². The molecule has 8 heteroatoms. The molecule has 4 rings (SSSR count). The fraction of sp³-hybridized carbons (Fsp3) is 0.550. The van der Waals surface area contributed by atoms with Crippen LogP contribution in [0.1, 0.15) is 31.6 Å². The lowest BCUT2D eigenvalue weighted by Gasteiger charge is -2.30. The number of benzene rings is 1. The van der Waals surface area contributed by atoms with Crippen LogP contribution in [0.25, 0.3) is 11.4 Å². The summed E-state index contributed by atoms with van der Waals surface area (Å²) in [6.45, 7) is 3.79. The van der Waals surface area contributed by atoms with Crippen LogP contribution in [0.2, 0.25) is 0 Å². The SMILES string of the molecule is O=C(NCC1CCCO1)C1CCN(Cc2nc(-c3ccc(Br)cc3)no2)CC1. The minimum absolute atomic E-state index is 0.0821. The summed E-state index contributed by atoms with van der Waals surface area (Å²) in [6, 6.07) is 7.83. The molecule has 150 valence electrons. The number of amides is 1. The van der Waals surface area contributed by atoms with Crippen LogP contribution < -0.4 is 5.32 Å². The topological polar surface area (TPSA) is 80.5 Å². The predicted octanol–water partition coefficient (Wildman–Crippen LogP) is 3.01. The van der Waals surface area contributed by atoms with Crippen molar-refractivity contribution in [1.29, 1.82) is 0 Å². The number of piperidine rings is 1. The molecular weight excluding hydrogens is 424 g/mol. The fourth-order valence-electron chi connectivity index (χ4n) is 3.74. The van der Waals surface area contributed by atoms with Crippen molar-refractivity contribution in [2.45, 2.75) is 38.3 Å². The maximum Gasteiger partial charge on any atom is 0.241 e. The van der Waals surface area contributed by atoms with Gasteiger partial charge < -0.3 is 14.6 Å². The van der Waals surface area contributed by atoms with E-state index in [2.05, 4.69) is 36.3 Å². The minimum Gasteiger partial charge on any atom is -0.376 e. The number of ether oxygens (including phenoxy) is 1. The molecule has 0 radical (unpaired) electrons. The summed E-state index contributed by atoms with van der Waals surface area (Å²) in [5.41, 5.74) is 0.930. The number of rotatable bonds is 6. The van der Waals surface area contributed by atoms with Crippen LogP contribution in [0.15, 0.2) is 33.3 Å². The van der Waals surface area contributed by atoms with Gasteiger partial charge in [0.25, 0.3) is 0 Å². The summed E-state index contributed by atoms with van der Waals surface area (Å²) < 4.78 is 12.0. The molecule has 0 aliphatic carbocycles. The normalized spacial score (nSPS) is 21.1. The van der Waals surface area contributed by atoms with Crippen LogP contribution in [0, 0.1) is 5.92 Å². The molecule has 2 aliphatic heterocycles. The summed E-state index contributed by atoms with van der Waals surface area (Å²) in [4.78, 5) is 19.1. The summed E-state index contributed by atoms with van der Waals surface area (Å²) in [5, 5.41) is 7.14. The van der Waals surface area contributed by atoms with Crippen molar-refractivity contribution < 1.29 is 14.1 Å². The van der Waals surface area contributed by atoms with E-state index in [0.29, 0.717) is 24.8 Å². The predicted molar refractivity (Wildman–Crippen MR) is 107 cm³/mol. The molecule has 2 fully saturated rings. The Morgan fingerprint density at radius 1 is 1.21 bits per heavy atom. The molecule has 3 heterocycles.